The second-order valence-corrected chi connectivity index (χ2v) is 5.57. The van der Waals surface area contributed by atoms with Crippen LogP contribution in [0.2, 0.25) is 0 Å². The second kappa shape index (κ2) is 5.72. The maximum absolute atomic E-state index is 12.2. The molecule has 23 heavy (non-hydrogen) atoms. The van der Waals surface area contributed by atoms with Crippen LogP contribution in [0.3, 0.4) is 0 Å². The molecule has 0 unspecified atom stereocenters. The molecule has 3 rings (SSSR count). The zero-order chi connectivity index (χ0) is 16.6. The van der Waals surface area contributed by atoms with Crippen molar-refractivity contribution in [2.24, 2.45) is 0 Å². The first-order valence-electron chi connectivity index (χ1n) is 7.28. The lowest BCUT2D eigenvalue weighted by atomic mass is 10.1. The van der Waals surface area contributed by atoms with Gasteiger partial charge in [0.2, 0.25) is 0 Å². The van der Waals surface area contributed by atoms with E-state index in [0.717, 1.165) is 16.5 Å². The van der Waals surface area contributed by atoms with Gasteiger partial charge < -0.3 is 9.15 Å². The van der Waals surface area contributed by atoms with E-state index < -0.39 is 11.6 Å². The topological polar surface area (TPSA) is 56.5 Å². The molecule has 1 heterocycles. The lowest BCUT2D eigenvalue weighted by Crippen LogP contribution is -2.09. The fourth-order valence-corrected chi connectivity index (χ4v) is 2.46. The van der Waals surface area contributed by atoms with Gasteiger partial charge >= 0.3 is 11.6 Å². The van der Waals surface area contributed by atoms with Crippen molar-refractivity contribution in [1.82, 2.24) is 0 Å². The quantitative estimate of drug-likeness (QED) is 0.409. The third-order valence-corrected chi connectivity index (χ3v) is 3.81. The molecule has 0 aliphatic rings. The van der Waals surface area contributed by atoms with E-state index >= 15 is 0 Å². The summed E-state index contributed by atoms with van der Waals surface area (Å²) in [6.07, 6.45) is 0. The second-order valence-electron chi connectivity index (χ2n) is 5.57. The van der Waals surface area contributed by atoms with Crippen LogP contribution in [-0.2, 0) is 0 Å². The van der Waals surface area contributed by atoms with E-state index in [1.54, 1.807) is 31.2 Å². The molecule has 0 N–H and O–H groups in total. The van der Waals surface area contributed by atoms with Crippen molar-refractivity contribution in [2.75, 3.05) is 0 Å². The van der Waals surface area contributed by atoms with Crippen LogP contribution in [0.15, 0.2) is 51.7 Å². The fourth-order valence-electron chi connectivity index (χ4n) is 2.46. The van der Waals surface area contributed by atoms with Crippen LogP contribution in [0, 0.1) is 20.8 Å². The molecule has 0 fully saturated rings. The van der Waals surface area contributed by atoms with Gasteiger partial charge in [-0.3, -0.25) is 0 Å². The van der Waals surface area contributed by atoms with Crippen LogP contribution in [-0.4, -0.2) is 5.97 Å². The van der Waals surface area contributed by atoms with E-state index in [2.05, 4.69) is 0 Å². The van der Waals surface area contributed by atoms with E-state index in [1.807, 2.05) is 26.0 Å². The lowest BCUT2D eigenvalue weighted by molar-refractivity contribution is 0.0733. The van der Waals surface area contributed by atoms with Crippen LogP contribution in [0.25, 0.3) is 11.0 Å². The van der Waals surface area contributed by atoms with Crippen molar-refractivity contribution < 1.29 is 13.9 Å². The standard InChI is InChI=1S/C19H16O4/c1-11-4-6-14(7-5-11)19(21)22-16-9-8-15-12(2)10-17(20)23-18(15)13(16)3/h4-10H,1-3H3. The molecule has 0 saturated carbocycles. The maximum Gasteiger partial charge on any atom is 0.343 e. The SMILES string of the molecule is Cc1ccc(C(=O)Oc2ccc3c(C)cc(=O)oc3c2C)cc1. The van der Waals surface area contributed by atoms with Gasteiger partial charge in [0.1, 0.15) is 11.3 Å². The maximum atomic E-state index is 12.2. The van der Waals surface area contributed by atoms with Crippen LogP contribution < -0.4 is 10.4 Å². The van der Waals surface area contributed by atoms with Gasteiger partial charge in [0.05, 0.1) is 5.56 Å². The monoisotopic (exact) mass is 308 g/mol. The average Bonchev–Trinajstić information content (AvgIpc) is 2.51. The highest BCUT2D eigenvalue weighted by atomic mass is 16.5. The van der Waals surface area contributed by atoms with Crippen molar-refractivity contribution in [1.29, 1.82) is 0 Å². The Balaban J connectivity index is 2.00. The number of esters is 1. The van der Waals surface area contributed by atoms with Crippen LogP contribution in [0.5, 0.6) is 5.75 Å². The first kappa shape index (κ1) is 15.0. The molecule has 3 aromatic rings. The molecule has 0 atom stereocenters. The Kier molecular flexibility index (Phi) is 3.74. The molecule has 0 aliphatic heterocycles. The number of hydrogen-bond donors (Lipinski definition) is 0. The van der Waals surface area contributed by atoms with E-state index in [0.29, 0.717) is 22.5 Å². The van der Waals surface area contributed by atoms with Crippen LogP contribution >= 0.6 is 0 Å². The normalized spacial score (nSPS) is 10.7. The first-order chi connectivity index (χ1) is 11.0. The highest BCUT2D eigenvalue weighted by molar-refractivity contribution is 5.92. The summed E-state index contributed by atoms with van der Waals surface area (Å²) < 4.78 is 10.7. The summed E-state index contributed by atoms with van der Waals surface area (Å²) in [5.74, 6) is -0.0562. The zero-order valence-corrected chi connectivity index (χ0v) is 13.2. The lowest BCUT2D eigenvalue weighted by Gasteiger charge is -2.10. The molecular weight excluding hydrogens is 292 g/mol. The zero-order valence-electron chi connectivity index (χ0n) is 13.2. The Morgan fingerprint density at radius 3 is 2.39 bits per heavy atom. The van der Waals surface area contributed by atoms with Gasteiger partial charge in [-0.05, 0) is 50.6 Å². The van der Waals surface area contributed by atoms with Crippen molar-refractivity contribution in [3.05, 3.63) is 75.1 Å². The number of hydrogen-bond acceptors (Lipinski definition) is 4. The van der Waals surface area contributed by atoms with E-state index in [4.69, 9.17) is 9.15 Å². The van der Waals surface area contributed by atoms with Crippen LogP contribution in [0.1, 0.15) is 27.0 Å². The molecule has 4 heteroatoms. The molecule has 0 radical (unpaired) electrons. The Bertz CT molecular complexity index is 950. The third-order valence-electron chi connectivity index (χ3n) is 3.81. The summed E-state index contributed by atoms with van der Waals surface area (Å²) in [6.45, 7) is 5.56. The van der Waals surface area contributed by atoms with Gasteiger partial charge in [-0.1, -0.05) is 17.7 Å². The van der Waals surface area contributed by atoms with Crippen molar-refractivity contribution in [3.8, 4) is 5.75 Å². The number of carbonyl (C=O) groups excluding carboxylic acids is 1. The molecule has 0 amide bonds. The first-order valence-corrected chi connectivity index (χ1v) is 7.28. The number of ether oxygens (including phenoxy) is 1. The Labute approximate surface area is 133 Å². The fraction of sp³-hybridized carbons (Fsp3) is 0.158. The molecule has 0 saturated heterocycles. The van der Waals surface area contributed by atoms with Gasteiger partial charge in [0.25, 0.3) is 0 Å². The number of fused-ring (bicyclic) bond motifs is 1. The predicted octanol–water partition coefficient (Wildman–Crippen LogP) is 3.94. The molecule has 0 spiro atoms. The molecule has 116 valence electrons. The summed E-state index contributed by atoms with van der Waals surface area (Å²) in [4.78, 5) is 23.8. The highest BCUT2D eigenvalue weighted by Gasteiger charge is 2.14. The molecular formula is C19H16O4. The molecule has 2 aromatic carbocycles. The summed E-state index contributed by atoms with van der Waals surface area (Å²) in [6, 6.07) is 12.1. The minimum Gasteiger partial charge on any atom is -0.423 e. The average molecular weight is 308 g/mol. The predicted molar refractivity (Wildman–Crippen MR) is 88.1 cm³/mol. The van der Waals surface area contributed by atoms with Gasteiger partial charge in [0, 0.05) is 17.0 Å². The number of benzene rings is 2. The Hall–Kier alpha value is -2.88. The molecule has 0 bridgehead atoms. The number of aryl methyl sites for hydroxylation is 3. The number of rotatable bonds is 2. The Morgan fingerprint density at radius 1 is 1.00 bits per heavy atom. The van der Waals surface area contributed by atoms with E-state index in [-0.39, 0.29) is 0 Å². The van der Waals surface area contributed by atoms with Gasteiger partial charge in [-0.2, -0.15) is 0 Å². The Morgan fingerprint density at radius 2 is 1.70 bits per heavy atom. The highest BCUT2D eigenvalue weighted by Crippen LogP contribution is 2.28. The van der Waals surface area contributed by atoms with Crippen LogP contribution in [0.4, 0.5) is 0 Å². The molecule has 0 aliphatic carbocycles. The van der Waals surface area contributed by atoms with Crippen molar-refractivity contribution >= 4 is 16.9 Å². The number of carbonyl (C=O) groups is 1. The summed E-state index contributed by atoms with van der Waals surface area (Å²) in [5, 5.41) is 0.831. The minimum absolute atomic E-state index is 0.386. The van der Waals surface area contributed by atoms with E-state index in [1.165, 1.54) is 6.07 Å². The smallest absolute Gasteiger partial charge is 0.343 e. The summed E-state index contributed by atoms with van der Waals surface area (Å²) in [7, 11) is 0. The van der Waals surface area contributed by atoms with Gasteiger partial charge in [0.15, 0.2) is 0 Å². The van der Waals surface area contributed by atoms with Crippen molar-refractivity contribution in [2.45, 2.75) is 20.8 Å². The van der Waals surface area contributed by atoms with E-state index in [9.17, 15) is 9.59 Å². The summed E-state index contributed by atoms with van der Waals surface area (Å²) >= 11 is 0. The summed E-state index contributed by atoms with van der Waals surface area (Å²) in [5.41, 5.74) is 3.03. The van der Waals surface area contributed by atoms with Gasteiger partial charge in [-0.15, -0.1) is 0 Å². The minimum atomic E-state index is -0.442. The molecule has 4 nitrogen and oxygen atoms in total. The largest absolute Gasteiger partial charge is 0.423 e. The molecule has 1 aromatic heterocycles. The van der Waals surface area contributed by atoms with Gasteiger partial charge in [-0.25, -0.2) is 9.59 Å². The van der Waals surface area contributed by atoms with Crippen molar-refractivity contribution in [3.63, 3.8) is 0 Å². The third kappa shape index (κ3) is 2.88.